The Kier molecular flexibility index (Phi) is 8.84. The van der Waals surface area contributed by atoms with Gasteiger partial charge in [-0.25, -0.2) is 19.6 Å². The summed E-state index contributed by atoms with van der Waals surface area (Å²) >= 11 is 0. The van der Waals surface area contributed by atoms with Crippen LogP contribution in [-0.2, 0) is 14.3 Å². The fourth-order valence-electron chi connectivity index (χ4n) is 3.57. The lowest BCUT2D eigenvalue weighted by Gasteiger charge is -2.26. The molecule has 2 aromatic heterocycles. The van der Waals surface area contributed by atoms with Crippen LogP contribution in [0, 0.1) is 5.82 Å². The predicted octanol–water partition coefficient (Wildman–Crippen LogP) is 5.31. The summed E-state index contributed by atoms with van der Waals surface area (Å²) in [7, 11) is 0. The molecule has 0 bridgehead atoms. The van der Waals surface area contributed by atoms with Crippen molar-refractivity contribution >= 4 is 17.7 Å². The molecule has 13 heteroatoms. The van der Waals surface area contributed by atoms with Crippen LogP contribution in [0.4, 0.5) is 14.9 Å². The minimum atomic E-state index is -0.744. The van der Waals surface area contributed by atoms with Crippen molar-refractivity contribution in [2.24, 2.45) is 0 Å². The maximum absolute atomic E-state index is 14.6. The predicted molar refractivity (Wildman–Crippen MR) is 143 cm³/mol. The molecule has 0 spiro atoms. The van der Waals surface area contributed by atoms with E-state index in [1.165, 1.54) is 23.5 Å². The summed E-state index contributed by atoms with van der Waals surface area (Å²) in [5.41, 5.74) is 6.47. The van der Waals surface area contributed by atoms with Crippen LogP contribution in [0.2, 0.25) is 0 Å². The SMILES string of the molecule is CCCCCC(=O)OC1=CN(c2ccc(Oc3ncc(-c4ccn[nH]4)cc3F)cc2)NN1NC(=O)OC(C)(C)C. The van der Waals surface area contributed by atoms with Gasteiger partial charge in [-0.3, -0.25) is 14.9 Å². The van der Waals surface area contributed by atoms with Crippen LogP contribution in [-0.4, -0.2) is 38.0 Å². The average molecular weight is 554 g/mol. The molecule has 3 aromatic rings. The molecule has 12 nitrogen and oxygen atoms in total. The third-order valence-corrected chi connectivity index (χ3v) is 5.42. The summed E-state index contributed by atoms with van der Waals surface area (Å²) in [6.07, 6.45) is 6.62. The maximum atomic E-state index is 14.6. The molecule has 0 aliphatic carbocycles. The van der Waals surface area contributed by atoms with Gasteiger partial charge in [-0.05, 0) is 63.6 Å². The lowest BCUT2D eigenvalue weighted by atomic mass is 10.2. The third kappa shape index (κ3) is 7.69. The highest BCUT2D eigenvalue weighted by Gasteiger charge is 2.29. The molecule has 3 N–H and O–H groups in total. The van der Waals surface area contributed by atoms with E-state index in [1.54, 1.807) is 57.3 Å². The number of hydrogen-bond acceptors (Lipinski definition) is 10. The molecule has 3 heterocycles. The number of anilines is 1. The number of nitrogens with one attached hydrogen (secondary N) is 3. The number of ether oxygens (including phenoxy) is 3. The summed E-state index contributed by atoms with van der Waals surface area (Å²) in [4.78, 5) is 28.8. The van der Waals surface area contributed by atoms with Crippen molar-refractivity contribution in [1.82, 2.24) is 31.3 Å². The number of unbranched alkanes of at least 4 members (excludes halogenated alkanes) is 2. The van der Waals surface area contributed by atoms with E-state index in [9.17, 15) is 14.0 Å². The van der Waals surface area contributed by atoms with E-state index in [1.807, 2.05) is 6.92 Å². The first-order valence-corrected chi connectivity index (χ1v) is 12.8. The first-order valence-electron chi connectivity index (χ1n) is 12.8. The second-order valence-corrected chi connectivity index (χ2v) is 9.89. The highest BCUT2D eigenvalue weighted by Crippen LogP contribution is 2.28. The summed E-state index contributed by atoms with van der Waals surface area (Å²) in [6, 6.07) is 9.63. The van der Waals surface area contributed by atoms with Gasteiger partial charge in [0.05, 0.1) is 17.6 Å². The van der Waals surface area contributed by atoms with Crippen LogP contribution < -0.4 is 20.7 Å². The average Bonchev–Trinajstić information content (AvgIpc) is 3.56. The Morgan fingerprint density at radius 1 is 1.12 bits per heavy atom. The molecule has 0 fully saturated rings. The van der Waals surface area contributed by atoms with Crippen LogP contribution in [0.25, 0.3) is 11.3 Å². The monoisotopic (exact) mass is 553 g/mol. The van der Waals surface area contributed by atoms with E-state index >= 15 is 0 Å². The summed E-state index contributed by atoms with van der Waals surface area (Å²) < 4.78 is 31.0. The number of carbonyl (C=O) groups excluding carboxylic acids is 2. The van der Waals surface area contributed by atoms with E-state index in [4.69, 9.17) is 14.2 Å². The number of esters is 1. The Morgan fingerprint density at radius 3 is 2.55 bits per heavy atom. The molecule has 1 amide bonds. The van der Waals surface area contributed by atoms with E-state index in [2.05, 4.69) is 26.1 Å². The molecule has 0 atom stereocenters. The zero-order valence-corrected chi connectivity index (χ0v) is 22.7. The number of aromatic amines is 1. The number of nitrogens with zero attached hydrogens (tertiary/aromatic N) is 4. The number of halogens is 1. The molecule has 1 aliphatic rings. The normalized spacial score (nSPS) is 13.2. The first kappa shape index (κ1) is 28.4. The number of H-pyrrole nitrogens is 1. The van der Waals surface area contributed by atoms with E-state index < -0.39 is 23.5 Å². The van der Waals surface area contributed by atoms with Crippen molar-refractivity contribution in [2.45, 2.75) is 59.0 Å². The van der Waals surface area contributed by atoms with Crippen molar-refractivity contribution in [3.63, 3.8) is 0 Å². The summed E-state index contributed by atoms with van der Waals surface area (Å²) in [5, 5.41) is 9.28. The number of hydrogen-bond donors (Lipinski definition) is 3. The van der Waals surface area contributed by atoms with Crippen LogP contribution in [0.3, 0.4) is 0 Å². The van der Waals surface area contributed by atoms with Gasteiger partial charge in [0, 0.05) is 24.4 Å². The lowest BCUT2D eigenvalue weighted by molar-refractivity contribution is -0.143. The fraction of sp³-hybridized carbons (Fsp3) is 0.333. The van der Waals surface area contributed by atoms with Crippen molar-refractivity contribution in [3.05, 3.63) is 66.7 Å². The minimum absolute atomic E-state index is 0.0521. The van der Waals surface area contributed by atoms with Crippen LogP contribution in [0.15, 0.2) is 60.9 Å². The van der Waals surface area contributed by atoms with Gasteiger partial charge in [0.15, 0.2) is 5.82 Å². The Labute approximate surface area is 231 Å². The largest absolute Gasteiger partial charge is 0.443 e. The quantitative estimate of drug-likeness (QED) is 0.224. The lowest BCUT2D eigenvalue weighted by Crippen LogP contribution is -2.52. The standard InChI is InChI=1S/C27H32FN7O5/c1-5-6-7-8-24(36)39-23-17-34(33-35(23)32-26(37)40-27(2,3)4)19-9-11-20(12-10-19)38-25-21(28)15-18(16-29-25)22-13-14-30-31-22/h9-17,33H,5-8H2,1-4H3,(H,30,31)(H,32,37). The number of pyridine rings is 1. The van der Waals surface area contributed by atoms with Gasteiger partial charge in [0.25, 0.3) is 11.8 Å². The van der Waals surface area contributed by atoms with Crippen molar-refractivity contribution in [1.29, 1.82) is 0 Å². The molecule has 0 saturated heterocycles. The molecule has 40 heavy (non-hydrogen) atoms. The van der Waals surface area contributed by atoms with Gasteiger partial charge in [0.2, 0.25) is 0 Å². The van der Waals surface area contributed by atoms with Crippen molar-refractivity contribution < 1.29 is 28.2 Å². The second-order valence-electron chi connectivity index (χ2n) is 9.89. The second kappa shape index (κ2) is 12.5. The van der Waals surface area contributed by atoms with Gasteiger partial charge in [0.1, 0.15) is 11.4 Å². The van der Waals surface area contributed by atoms with Gasteiger partial charge in [-0.1, -0.05) is 19.8 Å². The van der Waals surface area contributed by atoms with Gasteiger partial charge in [-0.2, -0.15) is 10.2 Å². The van der Waals surface area contributed by atoms with Crippen LogP contribution >= 0.6 is 0 Å². The molecule has 212 valence electrons. The maximum Gasteiger partial charge on any atom is 0.428 e. The number of rotatable bonds is 10. The highest BCUT2D eigenvalue weighted by atomic mass is 19.1. The third-order valence-electron chi connectivity index (χ3n) is 5.42. The zero-order valence-electron chi connectivity index (χ0n) is 22.7. The minimum Gasteiger partial charge on any atom is -0.443 e. The van der Waals surface area contributed by atoms with E-state index in [-0.39, 0.29) is 18.2 Å². The topological polar surface area (TPSA) is 134 Å². The molecule has 0 unspecified atom stereocenters. The van der Waals surface area contributed by atoms with E-state index in [0.29, 0.717) is 29.1 Å². The Bertz CT molecular complexity index is 1340. The Morgan fingerprint density at radius 2 is 1.90 bits per heavy atom. The van der Waals surface area contributed by atoms with Gasteiger partial charge in [-0.15, -0.1) is 5.53 Å². The van der Waals surface area contributed by atoms with Gasteiger partial charge >= 0.3 is 12.1 Å². The molecule has 1 aliphatic heterocycles. The number of aromatic nitrogens is 3. The number of amides is 1. The molecule has 1 aromatic carbocycles. The van der Waals surface area contributed by atoms with Crippen LogP contribution in [0.1, 0.15) is 53.4 Å². The Balaban J connectivity index is 1.44. The number of benzene rings is 1. The first-order chi connectivity index (χ1) is 19.1. The number of hydrazine groups is 3. The fourth-order valence-corrected chi connectivity index (χ4v) is 3.57. The highest BCUT2D eigenvalue weighted by molar-refractivity contribution is 5.71. The summed E-state index contributed by atoms with van der Waals surface area (Å²) in [6.45, 7) is 7.25. The number of carbonyl (C=O) groups is 2. The van der Waals surface area contributed by atoms with Crippen molar-refractivity contribution in [3.8, 4) is 22.9 Å². The Hall–Kier alpha value is -4.65. The molecule has 0 radical (unpaired) electrons. The van der Waals surface area contributed by atoms with Crippen molar-refractivity contribution in [2.75, 3.05) is 5.01 Å². The molecular formula is C27H32FN7O5. The zero-order chi connectivity index (χ0) is 28.7. The molecule has 4 rings (SSSR count). The van der Waals surface area contributed by atoms with Crippen LogP contribution in [0.5, 0.6) is 11.6 Å². The molecular weight excluding hydrogens is 521 g/mol. The van der Waals surface area contributed by atoms with E-state index in [0.717, 1.165) is 18.0 Å². The smallest absolute Gasteiger partial charge is 0.428 e. The summed E-state index contributed by atoms with van der Waals surface area (Å²) in [5.74, 6) is -0.846. The van der Waals surface area contributed by atoms with Gasteiger partial charge < -0.3 is 14.2 Å². The molecule has 0 saturated carbocycles.